The maximum Gasteiger partial charge on any atom is 0.319 e. The maximum absolute atomic E-state index is 17.3. The van der Waals surface area contributed by atoms with E-state index in [1.54, 1.807) is 17.9 Å². The number of nitro groups is 1. The number of nitrogens with one attached hydrogen (secondary N) is 1. The molecule has 1 aromatic heterocycles. The van der Waals surface area contributed by atoms with Crippen molar-refractivity contribution in [3.63, 3.8) is 0 Å². The summed E-state index contributed by atoms with van der Waals surface area (Å²) in [5.41, 5.74) is -2.77. The number of morpholine rings is 1. The van der Waals surface area contributed by atoms with Gasteiger partial charge in [-0.25, -0.2) is 8.78 Å². The Balaban J connectivity index is 1.41. The fraction of sp³-hybridized carbons (Fsp3) is 0.459. The van der Waals surface area contributed by atoms with Crippen LogP contribution in [0.1, 0.15) is 44.6 Å². The summed E-state index contributed by atoms with van der Waals surface area (Å²) in [6.07, 6.45) is 9.57. The molecule has 0 amide bonds. The number of anilines is 1. The molecule has 4 aromatic rings. The van der Waals surface area contributed by atoms with Crippen molar-refractivity contribution in [1.29, 1.82) is 0 Å². The summed E-state index contributed by atoms with van der Waals surface area (Å²) in [6.45, 7) is 4.61. The molecule has 1 saturated carbocycles. The molecule has 0 radical (unpaired) electrons. The summed E-state index contributed by atoms with van der Waals surface area (Å²) >= 11 is 0. The van der Waals surface area contributed by atoms with Crippen LogP contribution in [0.2, 0.25) is 0 Å². The van der Waals surface area contributed by atoms with Crippen molar-refractivity contribution in [2.75, 3.05) is 58.2 Å². The Hall–Kier alpha value is -4.68. The van der Waals surface area contributed by atoms with Gasteiger partial charge >= 0.3 is 6.01 Å². The molecule has 2 atom stereocenters. The fourth-order valence-corrected chi connectivity index (χ4v) is 7.28. The van der Waals surface area contributed by atoms with E-state index in [0.717, 1.165) is 32.4 Å². The van der Waals surface area contributed by atoms with E-state index >= 15 is 8.78 Å². The minimum absolute atomic E-state index is 0.0465. The zero-order valence-corrected chi connectivity index (χ0v) is 28.5. The van der Waals surface area contributed by atoms with Crippen LogP contribution in [-0.2, 0) is 9.47 Å². The molecule has 12 nitrogen and oxygen atoms in total. The predicted octanol–water partition coefficient (Wildman–Crippen LogP) is 5.49. The number of β-amino-alcohol motifs (C(OH)–C–C–N with tert-alkyl or cyclic N) is 1. The number of ether oxygens (including phenoxy) is 4. The average Bonchev–Trinajstić information content (AvgIpc) is 3.88. The van der Waals surface area contributed by atoms with Crippen molar-refractivity contribution in [2.24, 2.45) is 5.41 Å². The quantitative estimate of drug-likeness (QED) is 0.0887. The van der Waals surface area contributed by atoms with Gasteiger partial charge in [0.25, 0.3) is 5.69 Å². The Morgan fingerprint density at radius 2 is 2.04 bits per heavy atom. The number of nitrogens with zero attached hydrogens (tertiary/aromatic N) is 4. The Labute approximate surface area is 293 Å². The minimum Gasteiger partial charge on any atom is -0.468 e. The van der Waals surface area contributed by atoms with Gasteiger partial charge in [-0.2, -0.15) is 9.97 Å². The van der Waals surface area contributed by atoms with E-state index in [1.165, 1.54) is 31.4 Å². The molecule has 2 saturated heterocycles. The number of terminal acetylenes is 1. The van der Waals surface area contributed by atoms with Crippen LogP contribution in [0.4, 0.5) is 20.3 Å². The number of hydrogen-bond acceptors (Lipinski definition) is 11. The fourth-order valence-electron chi connectivity index (χ4n) is 7.28. The number of piperidine rings is 1. The number of nitro benzene ring substituents is 1. The lowest BCUT2D eigenvalue weighted by molar-refractivity contribution is -0.384. The van der Waals surface area contributed by atoms with Gasteiger partial charge in [0.05, 0.1) is 46.4 Å². The number of aromatic nitrogens is 2. The molecular weight excluding hydrogens is 664 g/mol. The molecule has 1 aliphatic carbocycles. The molecule has 51 heavy (non-hydrogen) atoms. The van der Waals surface area contributed by atoms with Gasteiger partial charge in [-0.3, -0.25) is 10.1 Å². The van der Waals surface area contributed by atoms with Crippen LogP contribution < -0.4 is 19.7 Å². The molecule has 2 N–H and O–H groups in total. The second kappa shape index (κ2) is 13.8. The first kappa shape index (κ1) is 34.8. The lowest BCUT2D eigenvalue weighted by Crippen LogP contribution is -2.46. The summed E-state index contributed by atoms with van der Waals surface area (Å²) in [6, 6.07) is 6.67. The molecule has 7 rings (SSSR count). The number of hydrogen-bond donors (Lipinski definition) is 2. The Kier molecular flexibility index (Phi) is 9.40. The highest BCUT2D eigenvalue weighted by Crippen LogP contribution is 2.51. The lowest BCUT2D eigenvalue weighted by atomic mass is 9.91. The zero-order chi connectivity index (χ0) is 35.9. The average molecular weight is 704 g/mol. The van der Waals surface area contributed by atoms with Crippen LogP contribution >= 0.6 is 0 Å². The van der Waals surface area contributed by atoms with E-state index in [0.29, 0.717) is 31.4 Å². The van der Waals surface area contributed by atoms with Crippen LogP contribution in [0.25, 0.3) is 32.8 Å². The molecule has 3 fully saturated rings. The first-order chi connectivity index (χ1) is 24.5. The third-order valence-electron chi connectivity index (χ3n) is 9.97. The summed E-state index contributed by atoms with van der Waals surface area (Å²) in [5, 5.41) is 27.7. The van der Waals surface area contributed by atoms with E-state index in [2.05, 4.69) is 21.2 Å². The number of fused-ring (bicyclic) bond motifs is 2. The van der Waals surface area contributed by atoms with Crippen molar-refractivity contribution >= 4 is 33.2 Å². The van der Waals surface area contributed by atoms with Gasteiger partial charge in [0.1, 0.15) is 22.9 Å². The van der Waals surface area contributed by atoms with E-state index in [1.807, 2.05) is 0 Å². The normalized spacial score (nSPS) is 21.4. The standard InChI is InChI=1S/C37H39F2N5O7/c1-4-25-28(38)7-6-22-14-23(51-21-48-3)15-26(30(22)25)31-29(44(46)47)16-27-33(32(31)39)41-35(42-34(27)43-12-5-8-36(2,45)19-43)50-20-37(9-10-37)17-24-18-40-11-13-49-24/h1,6-7,14-16,24,40,45H,5,8-13,17-21H2,2-3H3. The molecule has 2 aliphatic heterocycles. The first-order valence-electron chi connectivity index (χ1n) is 17.0. The molecule has 0 spiro atoms. The van der Waals surface area contributed by atoms with Gasteiger partial charge in [-0.05, 0) is 62.6 Å². The van der Waals surface area contributed by atoms with Crippen molar-refractivity contribution in [3.8, 4) is 35.2 Å². The van der Waals surface area contributed by atoms with E-state index in [9.17, 15) is 15.2 Å². The van der Waals surface area contributed by atoms with Crippen molar-refractivity contribution in [1.82, 2.24) is 15.3 Å². The summed E-state index contributed by atoms with van der Waals surface area (Å²) in [5.74, 6) is 0.928. The molecule has 0 bridgehead atoms. The smallest absolute Gasteiger partial charge is 0.319 e. The van der Waals surface area contributed by atoms with E-state index in [-0.39, 0.29) is 76.5 Å². The van der Waals surface area contributed by atoms with Crippen molar-refractivity contribution < 1.29 is 37.8 Å². The van der Waals surface area contributed by atoms with Gasteiger partial charge in [-0.15, -0.1) is 6.42 Å². The largest absolute Gasteiger partial charge is 0.468 e. The second-order valence-electron chi connectivity index (χ2n) is 14.0. The van der Waals surface area contributed by atoms with Crippen molar-refractivity contribution in [2.45, 2.75) is 50.7 Å². The van der Waals surface area contributed by atoms with Crippen LogP contribution in [0.15, 0.2) is 30.3 Å². The zero-order valence-electron chi connectivity index (χ0n) is 28.5. The number of methoxy groups -OCH3 is 1. The molecule has 3 aliphatic rings. The van der Waals surface area contributed by atoms with Gasteiger partial charge in [0.15, 0.2) is 12.6 Å². The topological polar surface area (TPSA) is 141 Å². The van der Waals surface area contributed by atoms with Gasteiger partial charge in [0, 0.05) is 55.7 Å². The second-order valence-corrected chi connectivity index (χ2v) is 14.0. The number of benzene rings is 3. The van der Waals surface area contributed by atoms with Crippen LogP contribution in [-0.4, -0.2) is 85.0 Å². The molecule has 3 heterocycles. The molecular formula is C37H39F2N5O7. The lowest BCUT2D eigenvalue weighted by Gasteiger charge is -2.38. The number of halogens is 2. The third kappa shape index (κ3) is 6.99. The molecule has 268 valence electrons. The Morgan fingerprint density at radius 3 is 2.73 bits per heavy atom. The maximum atomic E-state index is 17.3. The predicted molar refractivity (Wildman–Crippen MR) is 186 cm³/mol. The highest BCUT2D eigenvalue weighted by Gasteiger charge is 2.46. The van der Waals surface area contributed by atoms with E-state index in [4.69, 9.17) is 25.4 Å². The monoisotopic (exact) mass is 703 g/mol. The molecule has 2 unspecified atom stereocenters. The Bertz CT molecular complexity index is 2040. The summed E-state index contributed by atoms with van der Waals surface area (Å²) < 4.78 is 55.4. The number of rotatable bonds is 11. The summed E-state index contributed by atoms with van der Waals surface area (Å²) in [4.78, 5) is 23.1. The van der Waals surface area contributed by atoms with Crippen LogP contribution in [0.5, 0.6) is 11.8 Å². The molecule has 14 heteroatoms. The Morgan fingerprint density at radius 1 is 1.22 bits per heavy atom. The highest BCUT2D eigenvalue weighted by atomic mass is 19.1. The highest BCUT2D eigenvalue weighted by molar-refractivity contribution is 6.06. The van der Waals surface area contributed by atoms with E-state index < -0.39 is 33.4 Å². The third-order valence-corrected chi connectivity index (χ3v) is 9.97. The first-order valence-corrected chi connectivity index (χ1v) is 17.0. The SMILES string of the molecule is C#Cc1c(F)ccc2cc(OCOC)cc(-c3c([N+](=O)[O-])cc4c(N5CCCC(C)(O)C5)nc(OCC5(CC6CNCCO6)CC5)nc4c3F)c12. The summed E-state index contributed by atoms with van der Waals surface area (Å²) in [7, 11) is 1.42. The van der Waals surface area contributed by atoms with Crippen LogP contribution in [0.3, 0.4) is 0 Å². The minimum atomic E-state index is -1.08. The molecule has 3 aromatic carbocycles. The van der Waals surface area contributed by atoms with Crippen LogP contribution in [0, 0.1) is 39.5 Å². The van der Waals surface area contributed by atoms with Gasteiger partial charge in [-0.1, -0.05) is 12.0 Å². The van der Waals surface area contributed by atoms with Gasteiger partial charge < -0.3 is 34.3 Å². The van der Waals surface area contributed by atoms with Gasteiger partial charge in [0.2, 0.25) is 0 Å². The number of aliphatic hydroxyl groups is 1. The van der Waals surface area contributed by atoms with Crippen molar-refractivity contribution in [3.05, 3.63) is 57.6 Å².